The van der Waals surface area contributed by atoms with Crippen molar-refractivity contribution in [3.05, 3.63) is 17.7 Å². The van der Waals surface area contributed by atoms with Gasteiger partial charge in [-0.1, -0.05) is 220 Å². The van der Waals surface area contributed by atoms with Crippen molar-refractivity contribution in [2.45, 2.75) is 259 Å². The highest BCUT2D eigenvalue weighted by Gasteiger charge is 2.20. The molecule has 0 bridgehead atoms. The molecule has 0 spiro atoms. The molecule has 350 valence electrons. The Bertz CT molecular complexity index is 1060. The molecule has 0 saturated heterocycles. The van der Waals surface area contributed by atoms with Gasteiger partial charge in [0.1, 0.15) is 0 Å². The first-order valence-electron chi connectivity index (χ1n) is 25.9. The van der Waals surface area contributed by atoms with E-state index < -0.39 is 0 Å². The van der Waals surface area contributed by atoms with E-state index in [0.29, 0.717) is 55.8 Å². The predicted octanol–water partition coefficient (Wildman–Crippen LogP) is 16.6. The molecule has 0 atom stereocenters. The quantitative estimate of drug-likeness (QED) is 0.0477. The standard InChI is InChI=1S/C53H96O7/c1-5-8-11-14-17-20-23-26-32-37-42-57-50-46-49(53(55)60-45-40-35-30-29-31-36-41-56-48(4)54)47-51(58-43-38-33-27-24-21-18-15-12-9-6-2)52(50)59-44-39-34-28-25-22-19-16-13-10-7-3/h46-47H,5-45H2,1-4H3. The Morgan fingerprint density at radius 1 is 0.350 bits per heavy atom. The minimum absolute atomic E-state index is 0.219. The number of hydrogen-bond acceptors (Lipinski definition) is 7. The predicted molar refractivity (Wildman–Crippen MR) is 253 cm³/mol. The maximum atomic E-state index is 13.5. The van der Waals surface area contributed by atoms with Gasteiger partial charge < -0.3 is 23.7 Å². The smallest absolute Gasteiger partial charge is 0.338 e. The average molecular weight is 845 g/mol. The Hall–Kier alpha value is -2.44. The van der Waals surface area contributed by atoms with E-state index in [0.717, 1.165) is 77.0 Å². The second-order valence-corrected chi connectivity index (χ2v) is 17.5. The zero-order valence-corrected chi connectivity index (χ0v) is 40.0. The number of esters is 2. The summed E-state index contributed by atoms with van der Waals surface area (Å²) in [6.45, 7) is 10.9. The summed E-state index contributed by atoms with van der Waals surface area (Å²) in [7, 11) is 0. The highest BCUT2D eigenvalue weighted by Crippen LogP contribution is 2.40. The van der Waals surface area contributed by atoms with Gasteiger partial charge in [0, 0.05) is 6.92 Å². The minimum atomic E-state index is -0.342. The molecule has 0 radical (unpaired) electrons. The van der Waals surface area contributed by atoms with Crippen LogP contribution in [0.3, 0.4) is 0 Å². The Balaban J connectivity index is 2.87. The van der Waals surface area contributed by atoms with Gasteiger partial charge in [0.05, 0.1) is 38.6 Å². The van der Waals surface area contributed by atoms with E-state index in [1.54, 1.807) is 0 Å². The topological polar surface area (TPSA) is 80.3 Å². The number of carbonyl (C=O) groups excluding carboxylic acids is 2. The van der Waals surface area contributed by atoms with E-state index in [2.05, 4.69) is 20.8 Å². The van der Waals surface area contributed by atoms with Gasteiger partial charge in [-0.25, -0.2) is 4.79 Å². The summed E-state index contributed by atoms with van der Waals surface area (Å²) in [6.07, 6.45) is 44.0. The molecule has 7 nitrogen and oxygen atoms in total. The average Bonchev–Trinajstić information content (AvgIpc) is 3.24. The molecule has 0 unspecified atom stereocenters. The van der Waals surface area contributed by atoms with Crippen molar-refractivity contribution in [2.75, 3.05) is 33.0 Å². The summed E-state index contributed by atoms with van der Waals surface area (Å²) in [6, 6.07) is 3.64. The third-order valence-corrected chi connectivity index (χ3v) is 11.6. The van der Waals surface area contributed by atoms with Crippen LogP contribution in [0.4, 0.5) is 0 Å². The molecule has 0 amide bonds. The van der Waals surface area contributed by atoms with Crippen molar-refractivity contribution in [2.24, 2.45) is 0 Å². The molecular formula is C53H96O7. The number of ether oxygens (including phenoxy) is 5. The van der Waals surface area contributed by atoms with Crippen LogP contribution in [0.25, 0.3) is 0 Å². The van der Waals surface area contributed by atoms with Crippen molar-refractivity contribution in [1.82, 2.24) is 0 Å². The van der Waals surface area contributed by atoms with E-state index in [1.165, 1.54) is 161 Å². The molecule has 0 heterocycles. The van der Waals surface area contributed by atoms with Crippen molar-refractivity contribution < 1.29 is 33.3 Å². The lowest BCUT2D eigenvalue weighted by Gasteiger charge is -2.19. The third kappa shape index (κ3) is 34.2. The van der Waals surface area contributed by atoms with Crippen molar-refractivity contribution in [3.63, 3.8) is 0 Å². The van der Waals surface area contributed by atoms with Crippen LogP contribution in [0.5, 0.6) is 17.2 Å². The first-order valence-corrected chi connectivity index (χ1v) is 25.9. The second kappa shape index (κ2) is 43.2. The number of carbonyl (C=O) groups is 2. The molecule has 1 rings (SSSR count). The van der Waals surface area contributed by atoms with E-state index in [4.69, 9.17) is 23.7 Å². The molecule has 60 heavy (non-hydrogen) atoms. The number of unbranched alkanes of at least 4 members (excludes halogenated alkanes) is 32. The molecule has 0 aliphatic carbocycles. The molecule has 0 aromatic heterocycles. The summed E-state index contributed by atoms with van der Waals surface area (Å²) in [4.78, 5) is 24.4. The van der Waals surface area contributed by atoms with Gasteiger partial charge in [-0.3, -0.25) is 4.79 Å². The summed E-state index contributed by atoms with van der Waals surface area (Å²) in [5.41, 5.74) is 0.461. The Labute approximate surface area is 370 Å². The molecule has 0 fully saturated rings. The maximum absolute atomic E-state index is 13.5. The first kappa shape index (κ1) is 55.6. The van der Waals surface area contributed by atoms with Gasteiger partial charge in [-0.15, -0.1) is 0 Å². The van der Waals surface area contributed by atoms with Gasteiger partial charge in [-0.05, 0) is 44.2 Å². The van der Waals surface area contributed by atoms with Gasteiger partial charge in [0.15, 0.2) is 11.5 Å². The van der Waals surface area contributed by atoms with Gasteiger partial charge >= 0.3 is 11.9 Å². The summed E-state index contributed by atoms with van der Waals surface area (Å²) in [5, 5.41) is 0. The molecule has 0 N–H and O–H groups in total. The van der Waals surface area contributed by atoms with Crippen LogP contribution in [0.2, 0.25) is 0 Å². The first-order chi connectivity index (χ1) is 29.5. The van der Waals surface area contributed by atoms with E-state index >= 15 is 0 Å². The van der Waals surface area contributed by atoms with Crippen LogP contribution < -0.4 is 14.2 Å². The fourth-order valence-electron chi connectivity index (χ4n) is 7.73. The monoisotopic (exact) mass is 845 g/mol. The lowest BCUT2D eigenvalue weighted by atomic mass is 10.1. The van der Waals surface area contributed by atoms with Crippen LogP contribution in [0.1, 0.15) is 269 Å². The van der Waals surface area contributed by atoms with Crippen molar-refractivity contribution in [1.29, 1.82) is 0 Å². The summed E-state index contributed by atoms with van der Waals surface area (Å²) >= 11 is 0. The minimum Gasteiger partial charge on any atom is -0.490 e. The van der Waals surface area contributed by atoms with Crippen LogP contribution in [-0.2, 0) is 14.3 Å². The highest BCUT2D eigenvalue weighted by atomic mass is 16.5. The number of benzene rings is 1. The summed E-state index contributed by atoms with van der Waals surface area (Å²) < 4.78 is 30.3. The second-order valence-electron chi connectivity index (χ2n) is 17.5. The lowest BCUT2D eigenvalue weighted by molar-refractivity contribution is -0.141. The van der Waals surface area contributed by atoms with E-state index in [-0.39, 0.29) is 11.9 Å². The zero-order chi connectivity index (χ0) is 43.4. The zero-order valence-electron chi connectivity index (χ0n) is 40.0. The molecule has 0 aliphatic rings. The molecular weight excluding hydrogens is 749 g/mol. The normalized spacial score (nSPS) is 11.2. The maximum Gasteiger partial charge on any atom is 0.338 e. The Kier molecular flexibility index (Phi) is 40.0. The number of rotatable bonds is 46. The largest absolute Gasteiger partial charge is 0.490 e. The van der Waals surface area contributed by atoms with Crippen molar-refractivity contribution >= 4 is 11.9 Å². The fourth-order valence-corrected chi connectivity index (χ4v) is 7.73. The van der Waals surface area contributed by atoms with Gasteiger partial charge in [-0.2, -0.15) is 0 Å². The van der Waals surface area contributed by atoms with Crippen molar-refractivity contribution in [3.8, 4) is 17.2 Å². The highest BCUT2D eigenvalue weighted by molar-refractivity contribution is 5.91. The molecule has 1 aromatic rings. The Morgan fingerprint density at radius 3 is 0.933 bits per heavy atom. The van der Waals surface area contributed by atoms with Crippen LogP contribution in [-0.4, -0.2) is 45.0 Å². The third-order valence-electron chi connectivity index (χ3n) is 11.6. The van der Waals surface area contributed by atoms with Gasteiger partial charge in [0.2, 0.25) is 5.75 Å². The molecule has 1 aromatic carbocycles. The van der Waals surface area contributed by atoms with E-state index in [9.17, 15) is 9.59 Å². The van der Waals surface area contributed by atoms with Crippen LogP contribution in [0, 0.1) is 0 Å². The molecule has 0 saturated carbocycles. The van der Waals surface area contributed by atoms with E-state index in [1.807, 2.05) is 12.1 Å². The van der Waals surface area contributed by atoms with Crippen LogP contribution >= 0.6 is 0 Å². The SMILES string of the molecule is CCCCCCCCCCCCOc1cc(C(=O)OCCCCCCCCOC(C)=O)cc(OCCCCCCCCCCCC)c1OCCCCCCCCCCCC. The summed E-state index contributed by atoms with van der Waals surface area (Å²) in [5.74, 6) is 1.27. The molecule has 0 aliphatic heterocycles. The van der Waals surface area contributed by atoms with Gasteiger partial charge in [0.25, 0.3) is 0 Å². The molecule has 7 heteroatoms. The Morgan fingerprint density at radius 2 is 0.617 bits per heavy atom. The lowest BCUT2D eigenvalue weighted by Crippen LogP contribution is -2.11. The van der Waals surface area contributed by atoms with Crippen LogP contribution in [0.15, 0.2) is 12.1 Å². The fraction of sp³-hybridized carbons (Fsp3) is 0.849. The number of hydrogen-bond donors (Lipinski definition) is 0.